The largest absolute Gasteiger partial charge is 0.504 e. The molecule has 2 aromatic carbocycles. The van der Waals surface area contributed by atoms with Gasteiger partial charge in [0, 0.05) is 17.7 Å². The number of aliphatic hydroxyl groups is 1. The molecule has 2 fully saturated rings. The molecule has 0 bridgehead atoms. The fourth-order valence-corrected chi connectivity index (χ4v) is 4.67. The van der Waals surface area contributed by atoms with Crippen LogP contribution in [0.5, 0.6) is 11.5 Å². The number of phenolic OH excluding ortho intramolecular Hbond substituents is 2. The molecule has 2 aromatic rings. The summed E-state index contributed by atoms with van der Waals surface area (Å²) in [6, 6.07) is 10.6. The van der Waals surface area contributed by atoms with Gasteiger partial charge in [-0.3, -0.25) is 9.69 Å². The molecule has 29 heavy (non-hydrogen) atoms. The Morgan fingerprint density at radius 2 is 1.97 bits per heavy atom. The number of hydrogen-bond donors (Lipinski definition) is 3. The van der Waals surface area contributed by atoms with Gasteiger partial charge in [-0.05, 0) is 29.8 Å². The number of amides is 1. The first-order chi connectivity index (χ1) is 13.9. The molecule has 0 saturated carbocycles. The van der Waals surface area contributed by atoms with Gasteiger partial charge < -0.3 is 25.0 Å². The minimum atomic E-state index is -1.40. The molecule has 3 atom stereocenters. The first kappa shape index (κ1) is 17.6. The normalized spacial score (nSPS) is 28.1. The Morgan fingerprint density at radius 3 is 2.69 bits per heavy atom. The third-order valence-electron chi connectivity index (χ3n) is 5.89. The minimum Gasteiger partial charge on any atom is -0.504 e. The van der Waals surface area contributed by atoms with Gasteiger partial charge in [0.2, 0.25) is 0 Å². The molecule has 3 aliphatic rings. The van der Waals surface area contributed by atoms with Crippen LogP contribution < -0.4 is 4.90 Å². The number of rotatable bonds is 2. The second-order valence-corrected chi connectivity index (χ2v) is 7.42. The summed E-state index contributed by atoms with van der Waals surface area (Å²) in [4.78, 5) is 28.8. The van der Waals surface area contributed by atoms with Crippen LogP contribution in [0.15, 0.2) is 48.2 Å². The van der Waals surface area contributed by atoms with Gasteiger partial charge in [-0.25, -0.2) is 4.79 Å². The van der Waals surface area contributed by atoms with E-state index in [4.69, 9.17) is 4.74 Å². The van der Waals surface area contributed by atoms with Crippen molar-refractivity contribution in [1.82, 2.24) is 4.90 Å². The first-order valence-electron chi connectivity index (χ1n) is 9.12. The Balaban J connectivity index is 1.70. The zero-order valence-electron chi connectivity index (χ0n) is 15.4. The molecule has 0 aromatic heterocycles. The maximum atomic E-state index is 13.3. The zero-order valence-corrected chi connectivity index (χ0v) is 15.4. The van der Waals surface area contributed by atoms with Gasteiger partial charge in [0.15, 0.2) is 11.5 Å². The maximum Gasteiger partial charge on any atom is 0.328 e. The Kier molecular flexibility index (Phi) is 3.48. The number of hydrogen-bond acceptors (Lipinski definition) is 7. The second-order valence-electron chi connectivity index (χ2n) is 7.42. The molecule has 2 saturated heterocycles. The highest BCUT2D eigenvalue weighted by atomic mass is 16.5. The summed E-state index contributed by atoms with van der Waals surface area (Å²) in [6.45, 7) is 0. The zero-order chi connectivity index (χ0) is 20.5. The lowest BCUT2D eigenvalue weighted by Crippen LogP contribution is -2.45. The van der Waals surface area contributed by atoms with Crippen molar-refractivity contribution in [2.75, 3.05) is 12.0 Å². The molecule has 148 valence electrons. The number of carbonyl (C=O) groups is 2. The molecule has 3 heterocycles. The van der Waals surface area contributed by atoms with Gasteiger partial charge in [0.25, 0.3) is 5.91 Å². The van der Waals surface area contributed by atoms with Crippen LogP contribution in [-0.4, -0.2) is 51.4 Å². The van der Waals surface area contributed by atoms with Gasteiger partial charge in [0.1, 0.15) is 23.5 Å². The molecule has 8 nitrogen and oxygen atoms in total. The monoisotopic (exact) mass is 394 g/mol. The first-order valence-corrected chi connectivity index (χ1v) is 9.12. The maximum absolute atomic E-state index is 13.3. The van der Waals surface area contributed by atoms with Crippen molar-refractivity contribution in [1.29, 1.82) is 0 Å². The molecular weight excluding hydrogens is 376 g/mol. The van der Waals surface area contributed by atoms with Crippen molar-refractivity contribution in [2.24, 2.45) is 0 Å². The molecular formula is C21H18N2O6. The van der Waals surface area contributed by atoms with E-state index in [9.17, 15) is 24.9 Å². The summed E-state index contributed by atoms with van der Waals surface area (Å²) < 4.78 is 4.87. The van der Waals surface area contributed by atoms with Gasteiger partial charge in [-0.1, -0.05) is 24.3 Å². The lowest BCUT2D eigenvalue weighted by atomic mass is 9.91. The molecule has 0 spiro atoms. The Morgan fingerprint density at radius 1 is 1.21 bits per heavy atom. The van der Waals surface area contributed by atoms with Crippen molar-refractivity contribution in [3.05, 3.63) is 59.3 Å². The predicted molar refractivity (Wildman–Crippen MR) is 102 cm³/mol. The predicted octanol–water partition coefficient (Wildman–Crippen LogP) is 1.26. The van der Waals surface area contributed by atoms with Crippen LogP contribution in [0.2, 0.25) is 0 Å². The van der Waals surface area contributed by atoms with Crippen molar-refractivity contribution in [2.45, 2.75) is 24.2 Å². The number of ether oxygens (including phenoxy) is 1. The smallest absolute Gasteiger partial charge is 0.328 e. The number of fused-ring (bicyclic) bond motifs is 3. The Hall–Kier alpha value is -3.52. The van der Waals surface area contributed by atoms with Crippen molar-refractivity contribution < 1.29 is 29.6 Å². The minimum absolute atomic E-state index is 0.0525. The number of esters is 1. The standard InChI is InChI=1S/C21H18N2O6/c1-29-19(27)15-10-21(28)12-4-2-3-5-13(12)22-14(18(26)23(15)20(21)22)8-11-6-7-16(24)17(25)9-11/h2-9,15,20,24-25,28H,10H2,1H3/b14-8-/t15-,20+,21-/m0/s1. The van der Waals surface area contributed by atoms with E-state index >= 15 is 0 Å². The molecule has 1 amide bonds. The van der Waals surface area contributed by atoms with Gasteiger partial charge in [-0.15, -0.1) is 0 Å². The fourth-order valence-electron chi connectivity index (χ4n) is 4.67. The highest BCUT2D eigenvalue weighted by molar-refractivity contribution is 6.08. The van der Waals surface area contributed by atoms with E-state index in [-0.39, 0.29) is 23.6 Å². The van der Waals surface area contributed by atoms with Gasteiger partial charge >= 0.3 is 5.97 Å². The van der Waals surface area contributed by atoms with Crippen LogP contribution in [0, 0.1) is 0 Å². The Bertz CT molecular complexity index is 1100. The summed E-state index contributed by atoms with van der Waals surface area (Å²) in [5, 5.41) is 30.8. The number of carbonyl (C=O) groups excluding carboxylic acids is 2. The number of benzene rings is 2. The van der Waals surface area contributed by atoms with Crippen LogP contribution >= 0.6 is 0 Å². The molecule has 0 aliphatic carbocycles. The van der Waals surface area contributed by atoms with Gasteiger partial charge in [0.05, 0.1) is 7.11 Å². The lowest BCUT2D eigenvalue weighted by Gasteiger charge is -2.26. The van der Waals surface area contributed by atoms with Crippen LogP contribution in [0.25, 0.3) is 6.08 Å². The van der Waals surface area contributed by atoms with Crippen molar-refractivity contribution in [3.8, 4) is 11.5 Å². The molecule has 5 rings (SSSR count). The number of anilines is 1. The Labute approximate surface area is 165 Å². The highest BCUT2D eigenvalue weighted by Crippen LogP contribution is 2.57. The molecule has 3 N–H and O–H groups in total. The van der Waals surface area contributed by atoms with Crippen LogP contribution in [0.4, 0.5) is 5.69 Å². The number of nitrogens with zero attached hydrogens (tertiary/aromatic N) is 2. The van der Waals surface area contributed by atoms with Crippen LogP contribution in [0.1, 0.15) is 17.5 Å². The fraction of sp³-hybridized carbons (Fsp3) is 0.238. The summed E-state index contributed by atoms with van der Waals surface area (Å²) in [5.74, 6) is -1.57. The topological polar surface area (TPSA) is 111 Å². The average Bonchev–Trinajstić information content (AvgIpc) is 3.27. The van der Waals surface area contributed by atoms with E-state index in [0.717, 1.165) is 0 Å². The van der Waals surface area contributed by atoms with E-state index in [0.29, 0.717) is 16.8 Å². The number of phenols is 2. The van der Waals surface area contributed by atoms with E-state index in [1.54, 1.807) is 29.2 Å². The lowest BCUT2D eigenvalue weighted by molar-refractivity contribution is -0.149. The van der Waals surface area contributed by atoms with Gasteiger partial charge in [-0.2, -0.15) is 0 Å². The summed E-state index contributed by atoms with van der Waals surface area (Å²) >= 11 is 0. The third-order valence-corrected chi connectivity index (χ3v) is 5.89. The second kappa shape index (κ2) is 5.74. The summed E-state index contributed by atoms with van der Waals surface area (Å²) in [5.41, 5.74) is 0.684. The average molecular weight is 394 g/mol. The molecule has 0 unspecified atom stereocenters. The van der Waals surface area contributed by atoms with Crippen molar-refractivity contribution in [3.63, 3.8) is 0 Å². The SMILES string of the molecule is COC(=O)[C@@H]1C[C@]2(O)c3ccccc3N3/C(=C\c4ccc(O)c(O)c4)C(=O)N1[C@@H]32. The van der Waals surface area contributed by atoms with E-state index < -0.39 is 29.7 Å². The number of aromatic hydroxyl groups is 2. The summed E-state index contributed by atoms with van der Waals surface area (Å²) in [6.07, 6.45) is 0.863. The highest BCUT2D eigenvalue weighted by Gasteiger charge is 2.68. The van der Waals surface area contributed by atoms with Crippen LogP contribution in [0.3, 0.4) is 0 Å². The van der Waals surface area contributed by atoms with Crippen LogP contribution in [-0.2, 0) is 19.9 Å². The van der Waals surface area contributed by atoms with Crippen molar-refractivity contribution >= 4 is 23.6 Å². The quantitative estimate of drug-likeness (QED) is 0.400. The summed E-state index contributed by atoms with van der Waals surface area (Å²) in [7, 11) is 1.25. The molecule has 3 aliphatic heterocycles. The third kappa shape index (κ3) is 2.17. The molecule has 8 heteroatoms. The van der Waals surface area contributed by atoms with E-state index in [1.807, 2.05) is 12.1 Å². The number of para-hydroxylation sites is 1. The van der Waals surface area contributed by atoms with E-state index in [1.165, 1.54) is 24.1 Å². The number of methoxy groups -OCH3 is 1. The van der Waals surface area contributed by atoms with E-state index in [2.05, 4.69) is 0 Å². The molecule has 0 radical (unpaired) electrons.